The summed E-state index contributed by atoms with van der Waals surface area (Å²) >= 11 is 0. The molecule has 1 saturated heterocycles. The normalized spacial score (nSPS) is 24.2. The smallest absolute Gasteiger partial charge is 0.0545 e. The van der Waals surface area contributed by atoms with Crippen LogP contribution in [0.5, 0.6) is 0 Å². The summed E-state index contributed by atoms with van der Waals surface area (Å²) in [7, 11) is 1.81. The van der Waals surface area contributed by atoms with Crippen LogP contribution < -0.4 is 0 Å². The van der Waals surface area contributed by atoms with Crippen LogP contribution in [-0.2, 0) is 4.74 Å². The molecule has 52 valence electrons. The molecule has 0 bridgehead atoms. The van der Waals surface area contributed by atoms with Crippen molar-refractivity contribution in [3.63, 3.8) is 0 Å². The second-order valence-electron chi connectivity index (χ2n) is 2.95. The quantitative estimate of drug-likeness (QED) is 0.509. The van der Waals surface area contributed by atoms with Crippen molar-refractivity contribution in [2.45, 2.75) is 13.3 Å². The zero-order valence-corrected chi connectivity index (χ0v) is 6.05. The molecule has 0 radical (unpaired) electrons. The lowest BCUT2D eigenvalue weighted by atomic mass is 9.86. The van der Waals surface area contributed by atoms with Gasteiger partial charge in [0.25, 0.3) is 0 Å². The van der Waals surface area contributed by atoms with Crippen molar-refractivity contribution in [3.05, 3.63) is 0 Å². The fourth-order valence-electron chi connectivity index (χ4n) is 0.880. The van der Waals surface area contributed by atoms with Gasteiger partial charge in [-0.15, -0.1) is 0 Å². The van der Waals surface area contributed by atoms with Gasteiger partial charge in [0, 0.05) is 12.5 Å². The van der Waals surface area contributed by atoms with Gasteiger partial charge in [-0.25, -0.2) is 0 Å². The van der Waals surface area contributed by atoms with E-state index in [9.17, 15) is 0 Å². The van der Waals surface area contributed by atoms with Crippen LogP contribution in [0.25, 0.3) is 0 Å². The zero-order chi connectivity index (χ0) is 6.74. The van der Waals surface area contributed by atoms with Gasteiger partial charge in [-0.05, 0) is 12.6 Å². The molecule has 0 aromatic heterocycles. The Morgan fingerprint density at radius 2 is 2.33 bits per heavy atom. The van der Waals surface area contributed by atoms with Crippen LogP contribution >= 0.6 is 0 Å². The number of ether oxygens (including phenoxy) is 1. The van der Waals surface area contributed by atoms with Crippen molar-refractivity contribution in [3.8, 4) is 0 Å². The minimum atomic E-state index is 0.402. The molecule has 0 aromatic rings. The molecule has 1 rings (SSSR count). The summed E-state index contributed by atoms with van der Waals surface area (Å²) in [6.45, 7) is 4.02. The minimum Gasteiger partial charge on any atom is -0.380 e. The number of hydrogen-bond acceptors (Lipinski definition) is 2. The van der Waals surface area contributed by atoms with E-state index in [1.165, 1.54) is 0 Å². The van der Waals surface area contributed by atoms with Crippen LogP contribution in [0, 0.1) is 5.41 Å². The van der Waals surface area contributed by atoms with Crippen LogP contribution in [0.1, 0.15) is 13.3 Å². The van der Waals surface area contributed by atoms with E-state index in [4.69, 9.17) is 4.74 Å². The third-order valence-electron chi connectivity index (χ3n) is 1.67. The van der Waals surface area contributed by atoms with Gasteiger partial charge in [0.2, 0.25) is 0 Å². The summed E-state index contributed by atoms with van der Waals surface area (Å²) in [5.41, 5.74) is 0.402. The molecule has 0 N–H and O–H groups in total. The number of aliphatic imine (C=N–C) groups is 1. The maximum atomic E-state index is 5.07. The zero-order valence-electron chi connectivity index (χ0n) is 6.05. The Labute approximate surface area is 55.9 Å². The number of hydrogen-bond donors (Lipinski definition) is 0. The predicted molar refractivity (Wildman–Crippen MR) is 38.0 cm³/mol. The van der Waals surface area contributed by atoms with Gasteiger partial charge < -0.3 is 9.73 Å². The molecular weight excluding hydrogens is 114 g/mol. The topological polar surface area (TPSA) is 21.6 Å². The van der Waals surface area contributed by atoms with Gasteiger partial charge in [-0.1, -0.05) is 6.92 Å². The molecule has 2 heteroatoms. The van der Waals surface area contributed by atoms with Crippen LogP contribution in [0.2, 0.25) is 0 Å². The van der Waals surface area contributed by atoms with Crippen molar-refractivity contribution in [2.75, 3.05) is 20.3 Å². The van der Waals surface area contributed by atoms with Gasteiger partial charge in [-0.3, -0.25) is 0 Å². The molecule has 1 aliphatic rings. The second kappa shape index (κ2) is 2.48. The van der Waals surface area contributed by atoms with Crippen LogP contribution in [0.3, 0.4) is 0 Å². The third-order valence-corrected chi connectivity index (χ3v) is 1.67. The lowest BCUT2D eigenvalue weighted by Gasteiger charge is -2.36. The predicted octanol–water partition coefficient (Wildman–Crippen LogP) is 1.11. The molecule has 2 nitrogen and oxygen atoms in total. The summed E-state index contributed by atoms with van der Waals surface area (Å²) in [5.74, 6) is 0. The first-order valence-corrected chi connectivity index (χ1v) is 3.25. The Balaban J connectivity index is 2.24. The van der Waals surface area contributed by atoms with Crippen molar-refractivity contribution in [1.29, 1.82) is 0 Å². The first-order chi connectivity index (χ1) is 4.27. The van der Waals surface area contributed by atoms with E-state index < -0.39 is 0 Å². The molecule has 0 amide bonds. The van der Waals surface area contributed by atoms with Gasteiger partial charge in [0.1, 0.15) is 0 Å². The van der Waals surface area contributed by atoms with Crippen molar-refractivity contribution in [1.82, 2.24) is 0 Å². The molecule has 1 fully saturated rings. The first kappa shape index (κ1) is 6.75. The molecule has 0 spiro atoms. The Bertz CT molecular complexity index is 116. The van der Waals surface area contributed by atoms with Gasteiger partial charge in [0.05, 0.1) is 13.2 Å². The third kappa shape index (κ3) is 1.52. The Hall–Kier alpha value is -0.370. The van der Waals surface area contributed by atoms with E-state index in [-0.39, 0.29) is 0 Å². The van der Waals surface area contributed by atoms with E-state index in [0.717, 1.165) is 19.6 Å². The average Bonchev–Trinajstić information content (AvgIpc) is 1.79. The van der Waals surface area contributed by atoms with Gasteiger partial charge in [0.15, 0.2) is 0 Å². The number of nitrogens with zero attached hydrogens (tertiary/aromatic N) is 1. The van der Waals surface area contributed by atoms with E-state index in [1.807, 2.05) is 13.3 Å². The highest BCUT2D eigenvalue weighted by molar-refractivity contribution is 5.58. The SMILES string of the molecule is C/N=C\CC1(C)COC1. The lowest BCUT2D eigenvalue weighted by Crippen LogP contribution is -2.39. The highest BCUT2D eigenvalue weighted by atomic mass is 16.5. The van der Waals surface area contributed by atoms with E-state index in [2.05, 4.69) is 11.9 Å². The van der Waals surface area contributed by atoms with Crippen LogP contribution in [0.4, 0.5) is 0 Å². The Morgan fingerprint density at radius 1 is 1.67 bits per heavy atom. The van der Waals surface area contributed by atoms with Crippen molar-refractivity contribution in [2.24, 2.45) is 10.4 Å². The molecule has 0 atom stereocenters. The average molecular weight is 127 g/mol. The maximum Gasteiger partial charge on any atom is 0.0545 e. The van der Waals surface area contributed by atoms with E-state index >= 15 is 0 Å². The van der Waals surface area contributed by atoms with Gasteiger partial charge >= 0.3 is 0 Å². The molecule has 0 saturated carbocycles. The Morgan fingerprint density at radius 3 is 2.67 bits per heavy atom. The monoisotopic (exact) mass is 127 g/mol. The summed E-state index contributed by atoms with van der Waals surface area (Å²) in [6.07, 6.45) is 3.02. The molecular formula is C7H13NO. The second-order valence-corrected chi connectivity index (χ2v) is 2.95. The highest BCUT2D eigenvalue weighted by Crippen LogP contribution is 2.28. The van der Waals surface area contributed by atoms with Crippen LogP contribution in [0.15, 0.2) is 4.99 Å². The summed E-state index contributed by atoms with van der Waals surface area (Å²) < 4.78 is 5.07. The van der Waals surface area contributed by atoms with Crippen LogP contribution in [-0.4, -0.2) is 26.5 Å². The first-order valence-electron chi connectivity index (χ1n) is 3.25. The van der Waals surface area contributed by atoms with E-state index in [0.29, 0.717) is 5.41 Å². The van der Waals surface area contributed by atoms with Crippen molar-refractivity contribution >= 4 is 6.21 Å². The van der Waals surface area contributed by atoms with Crippen molar-refractivity contribution < 1.29 is 4.74 Å². The van der Waals surface area contributed by atoms with E-state index in [1.54, 1.807) is 0 Å². The summed E-state index contributed by atoms with van der Waals surface area (Å²) in [4.78, 5) is 3.92. The lowest BCUT2D eigenvalue weighted by molar-refractivity contribution is -0.0958. The fraction of sp³-hybridized carbons (Fsp3) is 0.857. The maximum absolute atomic E-state index is 5.07. The molecule has 0 aromatic carbocycles. The van der Waals surface area contributed by atoms with Gasteiger partial charge in [-0.2, -0.15) is 0 Å². The highest BCUT2D eigenvalue weighted by Gasteiger charge is 2.31. The Kier molecular flexibility index (Phi) is 1.86. The molecule has 1 aliphatic heterocycles. The molecule has 1 heterocycles. The fourth-order valence-corrected chi connectivity index (χ4v) is 0.880. The standard InChI is InChI=1S/C7H13NO/c1-7(3-4-8-2)5-9-6-7/h4H,3,5-6H2,1-2H3/b8-4-. The summed E-state index contributed by atoms with van der Waals surface area (Å²) in [5, 5.41) is 0. The largest absolute Gasteiger partial charge is 0.380 e. The number of rotatable bonds is 2. The molecule has 0 unspecified atom stereocenters. The minimum absolute atomic E-state index is 0.402. The molecule has 9 heavy (non-hydrogen) atoms. The summed E-state index contributed by atoms with van der Waals surface area (Å²) in [6, 6.07) is 0. The molecule has 0 aliphatic carbocycles.